The van der Waals surface area contributed by atoms with Gasteiger partial charge in [0.25, 0.3) is 0 Å². The molecule has 0 aromatic heterocycles. The quantitative estimate of drug-likeness (QED) is 0.909. The van der Waals surface area contributed by atoms with E-state index in [1.54, 1.807) is 12.1 Å². The van der Waals surface area contributed by atoms with Crippen LogP contribution in [0.3, 0.4) is 0 Å². The molecule has 1 aliphatic rings. The number of nitrogens with two attached hydrogens (primary N) is 1. The molecule has 0 aliphatic carbocycles. The van der Waals surface area contributed by atoms with Gasteiger partial charge in [-0.2, -0.15) is 4.31 Å². The maximum absolute atomic E-state index is 12.3. The molecule has 0 bridgehead atoms. The van der Waals surface area contributed by atoms with E-state index in [2.05, 4.69) is 0 Å². The van der Waals surface area contributed by atoms with Gasteiger partial charge in [0.05, 0.1) is 4.90 Å². The third-order valence-electron chi connectivity index (χ3n) is 3.45. The van der Waals surface area contributed by atoms with E-state index in [1.165, 1.54) is 4.31 Å². The second-order valence-electron chi connectivity index (χ2n) is 5.88. The largest absolute Gasteiger partial charge is 0.326 e. The molecule has 0 saturated heterocycles. The summed E-state index contributed by atoms with van der Waals surface area (Å²) < 4.78 is 26.1. The van der Waals surface area contributed by atoms with E-state index in [4.69, 9.17) is 5.73 Å². The van der Waals surface area contributed by atoms with Crippen molar-refractivity contribution >= 4 is 22.4 Å². The molecule has 1 heterocycles. The van der Waals surface area contributed by atoms with Crippen LogP contribution in [0.4, 0.5) is 0 Å². The van der Waals surface area contributed by atoms with Gasteiger partial charge in [0, 0.05) is 19.1 Å². The zero-order chi connectivity index (χ0) is 13.6. The van der Waals surface area contributed by atoms with Crippen LogP contribution in [-0.4, -0.2) is 25.3 Å². The summed E-state index contributed by atoms with van der Waals surface area (Å²) in [5.74, 6) is 0. The highest BCUT2D eigenvalue weighted by Gasteiger charge is 2.36. The Morgan fingerprint density at radius 2 is 1.89 bits per heavy atom. The monoisotopic (exact) mass is 304 g/mol. The van der Waals surface area contributed by atoms with Gasteiger partial charge in [-0.25, -0.2) is 8.42 Å². The summed E-state index contributed by atoms with van der Waals surface area (Å²) in [6, 6.07) is 6.95. The molecule has 19 heavy (non-hydrogen) atoms. The first-order valence-electron chi connectivity index (χ1n) is 6.06. The third-order valence-corrected chi connectivity index (χ3v) is 5.36. The molecule has 2 N–H and O–H groups in total. The number of halogens is 1. The van der Waals surface area contributed by atoms with Crippen molar-refractivity contribution < 1.29 is 8.42 Å². The van der Waals surface area contributed by atoms with Gasteiger partial charge in [-0.15, -0.1) is 12.4 Å². The highest BCUT2D eigenvalue weighted by Crippen LogP contribution is 2.31. The molecule has 1 aromatic rings. The minimum atomic E-state index is -3.35. The Labute approximate surface area is 121 Å². The van der Waals surface area contributed by atoms with Crippen LogP contribution in [0, 0.1) is 5.41 Å². The lowest BCUT2D eigenvalue weighted by Crippen LogP contribution is -2.45. The number of nitrogens with zero attached hydrogens (tertiary/aromatic N) is 1. The molecule has 6 heteroatoms. The number of rotatable bonds is 2. The van der Waals surface area contributed by atoms with E-state index in [0.29, 0.717) is 18.0 Å². The first-order valence-corrected chi connectivity index (χ1v) is 7.50. The zero-order valence-corrected chi connectivity index (χ0v) is 13.1. The Bertz CT molecular complexity index is 552. The van der Waals surface area contributed by atoms with E-state index < -0.39 is 10.0 Å². The second-order valence-corrected chi connectivity index (χ2v) is 7.78. The average Bonchev–Trinajstić information content (AvgIpc) is 2.50. The summed E-state index contributed by atoms with van der Waals surface area (Å²) in [6.45, 7) is 6.86. The summed E-state index contributed by atoms with van der Waals surface area (Å²) in [6.07, 6.45) is 0. The molecule has 0 saturated carbocycles. The summed E-state index contributed by atoms with van der Waals surface area (Å²) >= 11 is 0. The van der Waals surface area contributed by atoms with Crippen LogP contribution in [0.5, 0.6) is 0 Å². The summed E-state index contributed by atoms with van der Waals surface area (Å²) in [5, 5.41) is 0. The fourth-order valence-corrected chi connectivity index (χ4v) is 3.61. The topological polar surface area (TPSA) is 63.4 Å². The van der Waals surface area contributed by atoms with Crippen LogP contribution in [0.25, 0.3) is 0 Å². The number of hydrogen-bond donors (Lipinski definition) is 1. The van der Waals surface area contributed by atoms with Crippen LogP contribution in [-0.2, 0) is 16.6 Å². The maximum atomic E-state index is 12.3. The van der Waals surface area contributed by atoms with Crippen molar-refractivity contribution in [3.8, 4) is 0 Å². The van der Waals surface area contributed by atoms with Crippen molar-refractivity contribution in [1.82, 2.24) is 4.31 Å². The van der Waals surface area contributed by atoms with E-state index >= 15 is 0 Å². The molecule has 1 atom stereocenters. The van der Waals surface area contributed by atoms with E-state index in [9.17, 15) is 8.42 Å². The maximum Gasteiger partial charge on any atom is 0.243 e. The molecule has 1 aromatic carbocycles. The van der Waals surface area contributed by atoms with Gasteiger partial charge in [-0.05, 0) is 17.0 Å². The molecule has 108 valence electrons. The first-order chi connectivity index (χ1) is 8.23. The van der Waals surface area contributed by atoms with Crippen LogP contribution < -0.4 is 5.73 Å². The van der Waals surface area contributed by atoms with Crippen LogP contribution in [0.15, 0.2) is 29.2 Å². The number of hydrogen-bond acceptors (Lipinski definition) is 3. The molecule has 2 rings (SSSR count). The van der Waals surface area contributed by atoms with E-state index in [0.717, 1.165) is 5.56 Å². The molecule has 1 aliphatic heterocycles. The minimum Gasteiger partial charge on any atom is -0.326 e. The molecular weight excluding hydrogens is 284 g/mol. The molecule has 0 radical (unpaired) electrons. The smallest absolute Gasteiger partial charge is 0.243 e. The minimum absolute atomic E-state index is 0. The Balaban J connectivity index is 0.00000180. The lowest BCUT2D eigenvalue weighted by Gasteiger charge is -2.30. The van der Waals surface area contributed by atoms with Crippen molar-refractivity contribution in [2.24, 2.45) is 11.1 Å². The van der Waals surface area contributed by atoms with Crippen molar-refractivity contribution in [2.75, 3.05) is 6.54 Å². The van der Waals surface area contributed by atoms with E-state index in [-0.39, 0.29) is 23.9 Å². The Hall–Kier alpha value is -0.620. The lowest BCUT2D eigenvalue weighted by atomic mass is 9.87. The van der Waals surface area contributed by atoms with Crippen molar-refractivity contribution in [3.05, 3.63) is 29.8 Å². The van der Waals surface area contributed by atoms with Gasteiger partial charge in [-0.1, -0.05) is 39.0 Å². The second kappa shape index (κ2) is 5.40. The van der Waals surface area contributed by atoms with Gasteiger partial charge >= 0.3 is 0 Å². The molecule has 4 nitrogen and oxygen atoms in total. The fraction of sp³-hybridized carbons (Fsp3) is 0.538. The summed E-state index contributed by atoms with van der Waals surface area (Å²) in [7, 11) is -3.35. The van der Waals surface area contributed by atoms with Crippen LogP contribution in [0.2, 0.25) is 0 Å². The normalized spacial score (nSPS) is 19.6. The summed E-state index contributed by atoms with van der Waals surface area (Å²) in [4.78, 5) is 0.422. The van der Waals surface area contributed by atoms with Crippen molar-refractivity contribution in [2.45, 2.75) is 38.3 Å². The van der Waals surface area contributed by atoms with Gasteiger partial charge in [0.1, 0.15) is 0 Å². The van der Waals surface area contributed by atoms with Crippen LogP contribution in [0.1, 0.15) is 26.3 Å². The molecule has 0 amide bonds. The van der Waals surface area contributed by atoms with Gasteiger partial charge in [-0.3, -0.25) is 0 Å². The van der Waals surface area contributed by atoms with Gasteiger partial charge in [0.15, 0.2) is 0 Å². The zero-order valence-electron chi connectivity index (χ0n) is 11.5. The van der Waals surface area contributed by atoms with Crippen molar-refractivity contribution in [3.63, 3.8) is 0 Å². The van der Waals surface area contributed by atoms with Crippen LogP contribution >= 0.6 is 12.4 Å². The molecule has 0 fully saturated rings. The molecule has 0 unspecified atom stereocenters. The Kier molecular flexibility index (Phi) is 4.67. The predicted molar refractivity (Wildman–Crippen MR) is 78.7 cm³/mol. The molecular formula is C13H21ClN2O2S. The molecule has 0 spiro atoms. The van der Waals surface area contributed by atoms with Gasteiger partial charge < -0.3 is 5.73 Å². The number of sulfonamides is 1. The SMILES string of the molecule is CC(C)(C)[C@H](N)CN1Cc2ccccc2S1(=O)=O.Cl. The predicted octanol–water partition coefficient (Wildman–Crippen LogP) is 1.99. The first kappa shape index (κ1) is 16.4. The van der Waals surface area contributed by atoms with Crippen molar-refractivity contribution in [1.29, 1.82) is 0 Å². The van der Waals surface area contributed by atoms with Gasteiger partial charge in [0.2, 0.25) is 10.0 Å². The number of fused-ring (bicyclic) bond motifs is 1. The van der Waals surface area contributed by atoms with E-state index in [1.807, 2.05) is 32.9 Å². The lowest BCUT2D eigenvalue weighted by molar-refractivity contribution is 0.265. The number of benzene rings is 1. The fourth-order valence-electron chi connectivity index (χ4n) is 1.96. The summed E-state index contributed by atoms with van der Waals surface area (Å²) in [5.41, 5.74) is 6.83. The highest BCUT2D eigenvalue weighted by molar-refractivity contribution is 7.89. The standard InChI is InChI=1S/C13H20N2O2S.ClH/c1-13(2,3)12(14)9-15-8-10-6-4-5-7-11(10)18(15,16)17;/h4-7,12H,8-9,14H2,1-3H3;1H/t12-;/m1./s1. The Morgan fingerprint density at radius 1 is 1.32 bits per heavy atom. The highest BCUT2D eigenvalue weighted by atomic mass is 35.5. The Morgan fingerprint density at radius 3 is 2.42 bits per heavy atom. The third kappa shape index (κ3) is 3.11. The average molecular weight is 305 g/mol.